The summed E-state index contributed by atoms with van der Waals surface area (Å²) in [4.78, 5) is 21.4. The molecule has 0 fully saturated rings. The van der Waals surface area contributed by atoms with Gasteiger partial charge < -0.3 is 5.32 Å². The van der Waals surface area contributed by atoms with Crippen LogP contribution in [-0.2, 0) is 0 Å². The summed E-state index contributed by atoms with van der Waals surface area (Å²) in [6.45, 7) is 0. The molecule has 26 heavy (non-hydrogen) atoms. The summed E-state index contributed by atoms with van der Waals surface area (Å²) in [6.07, 6.45) is 1.35. The molecule has 0 saturated heterocycles. The molecule has 0 atom stereocenters. The number of fused-ring (bicyclic) bond motifs is 1. The number of nitrogens with one attached hydrogen (secondary N) is 1. The van der Waals surface area contributed by atoms with Gasteiger partial charge in [0.15, 0.2) is 0 Å². The van der Waals surface area contributed by atoms with Crippen LogP contribution < -0.4 is 5.32 Å². The van der Waals surface area contributed by atoms with Crippen molar-refractivity contribution >= 4 is 40.6 Å². The predicted molar refractivity (Wildman–Crippen MR) is 101 cm³/mol. The Morgan fingerprint density at radius 1 is 1.00 bits per heavy atom. The number of carbonyl (C=O) groups is 1. The molecule has 4 rings (SSSR count). The molecule has 6 nitrogen and oxygen atoms in total. The number of carbonyl (C=O) groups excluding carboxylic acids is 1. The molecule has 1 amide bonds. The number of hydrogen-bond donors (Lipinski definition) is 1. The van der Waals surface area contributed by atoms with Crippen molar-refractivity contribution in [3.8, 4) is 11.3 Å². The van der Waals surface area contributed by atoms with Crippen molar-refractivity contribution in [1.29, 1.82) is 0 Å². The van der Waals surface area contributed by atoms with Gasteiger partial charge in [-0.2, -0.15) is 14.6 Å². The third-order valence-electron chi connectivity index (χ3n) is 3.67. The maximum absolute atomic E-state index is 12.8. The van der Waals surface area contributed by atoms with Crippen LogP contribution >= 0.6 is 23.2 Å². The van der Waals surface area contributed by atoms with E-state index in [-0.39, 0.29) is 5.91 Å². The molecule has 0 radical (unpaired) electrons. The number of benzene rings is 2. The normalized spacial score (nSPS) is 10.8. The molecule has 0 spiro atoms. The Balaban J connectivity index is 1.77. The molecule has 0 saturated carbocycles. The Hall–Kier alpha value is -2.96. The molecule has 8 heteroatoms. The van der Waals surface area contributed by atoms with Crippen LogP contribution in [0, 0.1) is 0 Å². The molecular weight excluding hydrogens is 373 g/mol. The Bertz CT molecular complexity index is 1090. The van der Waals surface area contributed by atoms with E-state index in [9.17, 15) is 4.79 Å². The van der Waals surface area contributed by atoms with E-state index in [4.69, 9.17) is 23.2 Å². The number of aromatic nitrogens is 4. The smallest absolute Gasteiger partial charge is 0.274 e. The summed E-state index contributed by atoms with van der Waals surface area (Å²) < 4.78 is 1.38. The summed E-state index contributed by atoms with van der Waals surface area (Å²) in [5.41, 5.74) is 2.28. The minimum absolute atomic E-state index is 0.294. The van der Waals surface area contributed by atoms with Gasteiger partial charge >= 0.3 is 0 Å². The van der Waals surface area contributed by atoms with Crippen LogP contribution in [0.25, 0.3) is 17.0 Å². The third-order valence-corrected chi connectivity index (χ3v) is 4.11. The fourth-order valence-corrected chi connectivity index (χ4v) is 3.08. The minimum atomic E-state index is -0.376. The van der Waals surface area contributed by atoms with Gasteiger partial charge in [-0.3, -0.25) is 4.79 Å². The zero-order valence-corrected chi connectivity index (χ0v) is 14.7. The van der Waals surface area contributed by atoms with E-state index in [2.05, 4.69) is 20.4 Å². The second-order valence-electron chi connectivity index (χ2n) is 5.48. The van der Waals surface area contributed by atoms with Crippen LogP contribution in [0.3, 0.4) is 0 Å². The van der Waals surface area contributed by atoms with Crippen molar-refractivity contribution in [3.05, 3.63) is 76.7 Å². The highest BCUT2D eigenvalue weighted by Crippen LogP contribution is 2.24. The highest BCUT2D eigenvalue weighted by molar-refractivity contribution is 6.35. The third kappa shape index (κ3) is 3.24. The fraction of sp³-hybridized carbons (Fsp3) is 0. The summed E-state index contributed by atoms with van der Waals surface area (Å²) in [5.74, 6) is -0.0426. The molecule has 0 bridgehead atoms. The van der Waals surface area contributed by atoms with Crippen LogP contribution in [0.5, 0.6) is 0 Å². The van der Waals surface area contributed by atoms with Crippen molar-refractivity contribution in [2.24, 2.45) is 0 Å². The average molecular weight is 384 g/mol. The van der Waals surface area contributed by atoms with E-state index < -0.39 is 0 Å². The first kappa shape index (κ1) is 16.5. The summed E-state index contributed by atoms with van der Waals surface area (Å²) >= 11 is 12.0. The molecule has 0 aliphatic carbocycles. The molecule has 128 valence electrons. The molecule has 1 N–H and O–H groups in total. The SMILES string of the molecule is O=C(Nc1cc(Cl)cc(Cl)c1)c1cc(-c2ccccc2)nc2ncnn12. The fourth-order valence-electron chi connectivity index (χ4n) is 2.55. The Morgan fingerprint density at radius 3 is 2.46 bits per heavy atom. The molecule has 2 aromatic heterocycles. The first-order chi connectivity index (χ1) is 12.6. The molecule has 4 aromatic rings. The zero-order chi connectivity index (χ0) is 18.1. The maximum Gasteiger partial charge on any atom is 0.274 e. The van der Waals surface area contributed by atoms with Crippen molar-refractivity contribution in [1.82, 2.24) is 19.6 Å². The first-order valence-electron chi connectivity index (χ1n) is 7.64. The number of rotatable bonds is 3. The van der Waals surface area contributed by atoms with Gasteiger partial charge in [-0.25, -0.2) is 4.98 Å². The maximum atomic E-state index is 12.8. The zero-order valence-electron chi connectivity index (χ0n) is 13.2. The van der Waals surface area contributed by atoms with Gasteiger partial charge in [0, 0.05) is 21.3 Å². The van der Waals surface area contributed by atoms with Crippen molar-refractivity contribution in [2.75, 3.05) is 5.32 Å². The van der Waals surface area contributed by atoms with E-state index in [0.29, 0.717) is 32.9 Å². The van der Waals surface area contributed by atoms with E-state index in [1.807, 2.05) is 30.3 Å². The Kier molecular flexibility index (Phi) is 4.28. The number of anilines is 1. The molecule has 0 aliphatic rings. The summed E-state index contributed by atoms with van der Waals surface area (Å²) in [5, 5.41) is 7.72. The van der Waals surface area contributed by atoms with Gasteiger partial charge in [-0.05, 0) is 24.3 Å². The first-order valence-corrected chi connectivity index (χ1v) is 8.39. The van der Waals surface area contributed by atoms with Gasteiger partial charge in [0.2, 0.25) is 0 Å². The largest absolute Gasteiger partial charge is 0.321 e. The summed E-state index contributed by atoms with van der Waals surface area (Å²) in [7, 11) is 0. The quantitative estimate of drug-likeness (QED) is 0.570. The van der Waals surface area contributed by atoms with Gasteiger partial charge in [-0.1, -0.05) is 53.5 Å². The van der Waals surface area contributed by atoms with Gasteiger partial charge in [0.25, 0.3) is 11.7 Å². The minimum Gasteiger partial charge on any atom is -0.321 e. The second kappa shape index (κ2) is 6.74. The lowest BCUT2D eigenvalue weighted by molar-refractivity contribution is 0.102. The lowest BCUT2D eigenvalue weighted by Crippen LogP contribution is -2.17. The number of hydrogen-bond acceptors (Lipinski definition) is 4. The monoisotopic (exact) mass is 383 g/mol. The molecule has 0 aliphatic heterocycles. The Labute approximate surface area is 158 Å². The second-order valence-corrected chi connectivity index (χ2v) is 6.35. The van der Waals surface area contributed by atoms with Crippen LogP contribution in [0.2, 0.25) is 10.0 Å². The average Bonchev–Trinajstić information content (AvgIpc) is 3.09. The van der Waals surface area contributed by atoms with Crippen LogP contribution in [-0.4, -0.2) is 25.5 Å². The van der Waals surface area contributed by atoms with Crippen molar-refractivity contribution in [2.45, 2.75) is 0 Å². The van der Waals surface area contributed by atoms with Crippen LogP contribution in [0.4, 0.5) is 5.69 Å². The van der Waals surface area contributed by atoms with Crippen molar-refractivity contribution in [3.63, 3.8) is 0 Å². The number of amides is 1. The molecule has 0 unspecified atom stereocenters. The highest BCUT2D eigenvalue weighted by Gasteiger charge is 2.16. The number of halogens is 2. The topological polar surface area (TPSA) is 72.2 Å². The number of nitrogens with zero attached hydrogens (tertiary/aromatic N) is 4. The van der Waals surface area contributed by atoms with Crippen LogP contribution in [0.15, 0.2) is 60.9 Å². The molecular formula is C18H11Cl2N5O. The summed E-state index contributed by atoms with van der Waals surface area (Å²) in [6, 6.07) is 16.0. The van der Waals surface area contributed by atoms with E-state index >= 15 is 0 Å². The molecule has 2 heterocycles. The molecule has 2 aromatic carbocycles. The standard InChI is InChI=1S/C18H11Cl2N5O/c19-12-6-13(20)8-14(7-12)23-17(26)16-9-15(11-4-2-1-3-5-11)24-18-21-10-22-25(16)18/h1-10H,(H,23,26). The van der Waals surface area contributed by atoms with Crippen LogP contribution in [0.1, 0.15) is 10.5 Å². The van der Waals surface area contributed by atoms with E-state index in [1.54, 1.807) is 24.3 Å². The lowest BCUT2D eigenvalue weighted by atomic mass is 10.1. The lowest BCUT2D eigenvalue weighted by Gasteiger charge is -2.09. The Morgan fingerprint density at radius 2 is 1.73 bits per heavy atom. The van der Waals surface area contributed by atoms with E-state index in [1.165, 1.54) is 10.8 Å². The predicted octanol–water partition coefficient (Wildman–Crippen LogP) is 4.35. The van der Waals surface area contributed by atoms with Gasteiger partial charge in [-0.15, -0.1) is 0 Å². The van der Waals surface area contributed by atoms with Gasteiger partial charge in [0.1, 0.15) is 12.0 Å². The van der Waals surface area contributed by atoms with E-state index in [0.717, 1.165) is 5.56 Å². The highest BCUT2D eigenvalue weighted by atomic mass is 35.5. The van der Waals surface area contributed by atoms with Crippen molar-refractivity contribution < 1.29 is 4.79 Å². The van der Waals surface area contributed by atoms with Gasteiger partial charge in [0.05, 0.1) is 5.69 Å².